The molecule has 0 radical (unpaired) electrons. The van der Waals surface area contributed by atoms with Crippen LogP contribution >= 0.6 is 34.9 Å². The number of aromatic nitrogens is 5. The van der Waals surface area contributed by atoms with E-state index in [9.17, 15) is 19.2 Å². The summed E-state index contributed by atoms with van der Waals surface area (Å²) in [7, 11) is 3.91. The van der Waals surface area contributed by atoms with E-state index in [0.717, 1.165) is 25.8 Å². The molecule has 0 aromatic carbocycles. The maximum atomic E-state index is 13.9. The molecule has 0 aliphatic carbocycles. The number of hydrogen-bond acceptors (Lipinski definition) is 15. The lowest BCUT2D eigenvalue weighted by molar-refractivity contribution is -0.195. The Labute approximate surface area is 286 Å². The Bertz CT molecular complexity index is 1450. The van der Waals surface area contributed by atoms with Gasteiger partial charge in [0.25, 0.3) is 5.91 Å². The average Bonchev–Trinajstić information content (AvgIpc) is 3.66. The fourth-order valence-electron chi connectivity index (χ4n) is 4.80. The quantitative estimate of drug-likeness (QED) is 0.0755. The van der Waals surface area contributed by atoms with Gasteiger partial charge in [-0.3, -0.25) is 19.3 Å². The maximum Gasteiger partial charge on any atom is 0.358 e. The van der Waals surface area contributed by atoms with Crippen molar-refractivity contribution in [2.24, 2.45) is 5.92 Å². The number of tetrazole rings is 1. The molecule has 18 heteroatoms. The summed E-state index contributed by atoms with van der Waals surface area (Å²) in [6, 6.07) is -0.833. The monoisotopic (exact) mass is 709 g/mol. The highest BCUT2D eigenvalue weighted by Crippen LogP contribution is 2.42. The van der Waals surface area contributed by atoms with Gasteiger partial charge in [0.05, 0.1) is 18.7 Å². The van der Waals surface area contributed by atoms with Gasteiger partial charge in [-0.25, -0.2) is 14.5 Å². The molecule has 0 spiro atoms. The Morgan fingerprint density at radius 3 is 2.68 bits per heavy atom. The highest BCUT2D eigenvalue weighted by Gasteiger charge is 2.54. The van der Waals surface area contributed by atoms with E-state index in [-0.39, 0.29) is 30.4 Å². The summed E-state index contributed by atoms with van der Waals surface area (Å²) >= 11 is 4.02. The first-order valence-corrected chi connectivity index (χ1v) is 18.5. The molecule has 1 saturated heterocycles. The smallest absolute Gasteiger partial charge is 0.358 e. The lowest BCUT2D eigenvalue weighted by Gasteiger charge is -2.49. The number of unbranched alkanes of at least 4 members (excludes halogenated alkanes) is 3. The minimum Gasteiger partial charge on any atom is -0.425 e. The van der Waals surface area contributed by atoms with Gasteiger partial charge in [-0.05, 0) is 36.5 Å². The Morgan fingerprint density at radius 1 is 1.21 bits per heavy atom. The summed E-state index contributed by atoms with van der Waals surface area (Å²) in [6.45, 7) is 6.98. The third-order valence-corrected chi connectivity index (χ3v) is 10.5. The first-order chi connectivity index (χ1) is 22.5. The van der Waals surface area contributed by atoms with Crippen LogP contribution in [0.4, 0.5) is 5.13 Å². The van der Waals surface area contributed by atoms with Crippen LogP contribution in [0.25, 0.3) is 0 Å². The van der Waals surface area contributed by atoms with Crippen LogP contribution in [0.2, 0.25) is 0 Å². The number of carbonyl (C=O) groups is 4. The van der Waals surface area contributed by atoms with Crippen molar-refractivity contribution in [3.05, 3.63) is 22.3 Å². The predicted molar refractivity (Wildman–Crippen MR) is 179 cm³/mol. The number of likely N-dealkylation sites (N-methyl/N-ethyl adjacent to an activating group) is 1. The Hall–Kier alpha value is -3.22. The average molecular weight is 710 g/mol. The normalized spacial score (nSPS) is 18.3. The fourth-order valence-corrected chi connectivity index (χ4v) is 7.76. The number of anilines is 1. The fraction of sp³-hybridized carbons (Fsp3) is 0.655. The summed E-state index contributed by atoms with van der Waals surface area (Å²) in [4.78, 5) is 60.3. The second-order valence-electron chi connectivity index (χ2n) is 11.9. The molecule has 0 bridgehead atoms. The molecule has 1 unspecified atom stereocenters. The van der Waals surface area contributed by atoms with Gasteiger partial charge >= 0.3 is 11.9 Å². The molecule has 3 N–H and O–H groups in total. The molecule has 3 atom stereocenters. The topological polar surface area (TPSA) is 188 Å². The molecule has 0 saturated carbocycles. The first kappa shape index (κ1) is 36.6. The van der Waals surface area contributed by atoms with Gasteiger partial charge in [-0.1, -0.05) is 51.8 Å². The van der Waals surface area contributed by atoms with Crippen molar-refractivity contribution in [3.63, 3.8) is 0 Å². The van der Waals surface area contributed by atoms with Crippen LogP contribution in [0.5, 0.6) is 0 Å². The number of ether oxygens (including phenoxy) is 2. The van der Waals surface area contributed by atoms with E-state index in [0.29, 0.717) is 46.0 Å². The van der Waals surface area contributed by atoms with Crippen molar-refractivity contribution in [3.8, 4) is 0 Å². The number of hydrogen-bond donors (Lipinski definition) is 2. The molecule has 2 amide bonds. The molecule has 1 fully saturated rings. The molecular weight excluding hydrogens is 667 g/mol. The number of thiazole rings is 1. The van der Waals surface area contributed by atoms with Gasteiger partial charge in [-0.15, -0.1) is 28.2 Å². The number of nitrogen functional groups attached to an aromatic ring is 1. The number of nitrogens with one attached hydrogen (secondary N) is 1. The molecular formula is C29H43N9O6S3. The number of amides is 2. The number of thioether (sulfide) groups is 2. The van der Waals surface area contributed by atoms with Gasteiger partial charge in [0.1, 0.15) is 17.1 Å². The summed E-state index contributed by atoms with van der Waals surface area (Å²) in [5.41, 5.74) is 6.93. The van der Waals surface area contributed by atoms with E-state index in [4.69, 9.17) is 15.2 Å². The van der Waals surface area contributed by atoms with Crippen molar-refractivity contribution in [2.45, 2.75) is 88.7 Å². The van der Waals surface area contributed by atoms with E-state index >= 15 is 0 Å². The highest BCUT2D eigenvalue weighted by atomic mass is 32.2. The third-order valence-electron chi connectivity index (χ3n) is 7.35. The minimum absolute atomic E-state index is 0.0239. The van der Waals surface area contributed by atoms with Crippen molar-refractivity contribution < 1.29 is 28.7 Å². The Morgan fingerprint density at radius 2 is 2.00 bits per heavy atom. The standard InChI is InChI=1S/C29H43N9O6S3/c1-6-7-8-9-10-21(40)43-27(17(2)3)44-26(42)23-18(15-47-29-33-34-35-37(29)12-11-36(4)5)14-45-25-22(24(41)38(23)25)32-20(39)13-19-16-46-28(30)31-19/h16-17,22,25,27H,6-15H2,1-5H3,(H2,30,31)(H,32,39)/t22-,25+,27?/m1/s1. The first-order valence-electron chi connectivity index (χ1n) is 15.6. The second-order valence-corrected chi connectivity index (χ2v) is 14.8. The maximum absolute atomic E-state index is 13.9. The lowest BCUT2D eigenvalue weighted by Crippen LogP contribution is -2.70. The van der Waals surface area contributed by atoms with Crippen LogP contribution in [0.15, 0.2) is 21.8 Å². The van der Waals surface area contributed by atoms with Gasteiger partial charge in [-0.2, -0.15) is 0 Å². The zero-order chi connectivity index (χ0) is 34.1. The van der Waals surface area contributed by atoms with Crippen molar-refractivity contribution in [2.75, 3.05) is 37.9 Å². The molecule has 2 aliphatic heterocycles. The predicted octanol–water partition coefficient (Wildman–Crippen LogP) is 2.30. The van der Waals surface area contributed by atoms with E-state index in [1.165, 1.54) is 39.8 Å². The van der Waals surface area contributed by atoms with Crippen LogP contribution in [0, 0.1) is 5.92 Å². The van der Waals surface area contributed by atoms with E-state index in [1.807, 2.05) is 19.0 Å². The largest absolute Gasteiger partial charge is 0.425 e. The SMILES string of the molecule is CCCCCCC(=O)OC(OC(=O)C1=C(CSc2nnnn2CCN(C)C)CS[C@H]2[C@H](NC(=O)Cc3csc(N)n3)C(=O)N12)C(C)C. The number of esters is 2. The summed E-state index contributed by atoms with van der Waals surface area (Å²) in [5.74, 6) is -1.65. The lowest BCUT2D eigenvalue weighted by atomic mass is 10.0. The van der Waals surface area contributed by atoms with Crippen molar-refractivity contribution in [1.82, 2.24) is 40.3 Å². The Kier molecular flexibility index (Phi) is 13.4. The Balaban J connectivity index is 1.51. The van der Waals surface area contributed by atoms with Gasteiger partial charge in [0.2, 0.25) is 17.4 Å². The second kappa shape index (κ2) is 17.3. The highest BCUT2D eigenvalue weighted by molar-refractivity contribution is 8.01. The summed E-state index contributed by atoms with van der Waals surface area (Å²) in [5, 5.41) is 16.9. The van der Waals surface area contributed by atoms with Crippen LogP contribution < -0.4 is 11.1 Å². The third kappa shape index (κ3) is 9.90. The molecule has 2 aromatic heterocycles. The van der Waals surface area contributed by atoms with Gasteiger partial charge in [0, 0.05) is 35.8 Å². The zero-order valence-electron chi connectivity index (χ0n) is 27.3. The van der Waals surface area contributed by atoms with E-state index in [2.05, 4.69) is 32.7 Å². The van der Waals surface area contributed by atoms with Crippen LogP contribution in [0.1, 0.15) is 58.6 Å². The number of rotatable bonds is 18. The molecule has 2 aliphatic rings. The van der Waals surface area contributed by atoms with Gasteiger partial charge < -0.3 is 25.4 Å². The molecule has 258 valence electrons. The molecule has 4 heterocycles. The van der Waals surface area contributed by atoms with Crippen LogP contribution in [-0.2, 0) is 41.6 Å². The number of β-lactam (4-membered cyclic amide) rings is 1. The van der Waals surface area contributed by atoms with Crippen molar-refractivity contribution in [1.29, 1.82) is 0 Å². The molecule has 2 aromatic rings. The molecule has 47 heavy (non-hydrogen) atoms. The summed E-state index contributed by atoms with van der Waals surface area (Å²) in [6.07, 6.45) is 2.74. The van der Waals surface area contributed by atoms with E-state index in [1.54, 1.807) is 23.9 Å². The number of nitrogens with zero attached hydrogens (tertiary/aromatic N) is 7. The summed E-state index contributed by atoms with van der Waals surface area (Å²) < 4.78 is 13.1. The van der Waals surface area contributed by atoms with Crippen LogP contribution in [0.3, 0.4) is 0 Å². The number of fused-ring (bicyclic) bond motifs is 1. The minimum atomic E-state index is -1.13. The van der Waals surface area contributed by atoms with E-state index < -0.39 is 35.6 Å². The zero-order valence-corrected chi connectivity index (χ0v) is 29.8. The van der Waals surface area contributed by atoms with Crippen molar-refractivity contribution >= 4 is 63.7 Å². The molecule has 4 rings (SSSR count). The number of nitrogens with two attached hydrogens (primary N) is 1. The number of carbonyl (C=O) groups excluding carboxylic acids is 4. The molecule has 15 nitrogen and oxygen atoms in total. The van der Waals surface area contributed by atoms with Gasteiger partial charge in [0.15, 0.2) is 5.13 Å². The van der Waals surface area contributed by atoms with Crippen LogP contribution in [-0.4, -0.2) is 109 Å².